The van der Waals surface area contributed by atoms with E-state index in [0.29, 0.717) is 24.5 Å². The molecule has 1 atom stereocenters. The van der Waals surface area contributed by atoms with E-state index in [1.54, 1.807) is 53.7 Å². The first kappa shape index (κ1) is 24.5. The third kappa shape index (κ3) is 5.60. The van der Waals surface area contributed by atoms with Crippen LogP contribution in [0.1, 0.15) is 50.8 Å². The van der Waals surface area contributed by atoms with Gasteiger partial charge in [-0.1, -0.05) is 32.9 Å². The minimum Gasteiger partial charge on any atom is -0.507 e. The van der Waals surface area contributed by atoms with Crippen molar-refractivity contribution in [2.75, 3.05) is 32.8 Å². The average Bonchev–Trinajstić information content (AvgIpc) is 3.10. The van der Waals surface area contributed by atoms with Crippen molar-refractivity contribution < 1.29 is 19.4 Å². The summed E-state index contributed by atoms with van der Waals surface area (Å²) in [5.41, 5.74) is 1.29. The molecule has 0 bridgehead atoms. The van der Waals surface area contributed by atoms with E-state index in [1.807, 2.05) is 6.92 Å². The normalized spacial score (nSPS) is 17.7. The number of ether oxygens (including phenoxy) is 1. The van der Waals surface area contributed by atoms with Gasteiger partial charge in [-0.3, -0.25) is 14.6 Å². The Bertz CT molecular complexity index is 986. The van der Waals surface area contributed by atoms with Gasteiger partial charge in [-0.15, -0.1) is 0 Å². The molecular weight excluding hydrogens is 418 g/mol. The van der Waals surface area contributed by atoms with Crippen molar-refractivity contribution in [2.24, 2.45) is 0 Å². The Labute approximate surface area is 195 Å². The summed E-state index contributed by atoms with van der Waals surface area (Å²) in [6, 6.07) is 9.88. The minimum absolute atomic E-state index is 0.0988. The molecule has 1 aromatic carbocycles. The predicted octanol–water partition coefficient (Wildman–Crippen LogP) is 4.02. The molecule has 1 N–H and O–H groups in total. The van der Waals surface area contributed by atoms with Crippen molar-refractivity contribution in [3.05, 3.63) is 65.5 Å². The minimum atomic E-state index is -0.669. The van der Waals surface area contributed by atoms with Gasteiger partial charge >= 0.3 is 0 Å². The summed E-state index contributed by atoms with van der Waals surface area (Å²) in [6.07, 6.45) is 4.85. The first-order chi connectivity index (χ1) is 16.0. The Morgan fingerprint density at radius 3 is 2.52 bits per heavy atom. The molecule has 3 rings (SSSR count). The summed E-state index contributed by atoms with van der Waals surface area (Å²) in [6.45, 7) is 9.88. The maximum Gasteiger partial charge on any atom is 0.295 e. The van der Waals surface area contributed by atoms with Crippen molar-refractivity contribution in [3.8, 4) is 5.75 Å². The Balaban J connectivity index is 1.98. The number of ketones is 1. The predicted molar refractivity (Wildman–Crippen MR) is 128 cm³/mol. The molecule has 2 heterocycles. The number of aliphatic hydroxyl groups excluding tert-OH is 1. The van der Waals surface area contributed by atoms with Gasteiger partial charge in [0.1, 0.15) is 11.5 Å². The van der Waals surface area contributed by atoms with Gasteiger partial charge < -0.3 is 19.6 Å². The monoisotopic (exact) mass is 451 g/mol. The number of Topliss-reactive ketones (excluding diaryl/α,β-unsaturated/α-hetero) is 1. The SMILES string of the molecule is CCCOc1cccc(C(O)=C2C(=O)C(=O)N(CCCN(CC)CC)C2c2ccncc2)c1. The van der Waals surface area contributed by atoms with Crippen molar-refractivity contribution in [3.63, 3.8) is 0 Å². The quantitative estimate of drug-likeness (QED) is 0.316. The lowest BCUT2D eigenvalue weighted by molar-refractivity contribution is -0.140. The number of carbonyl (C=O) groups is 2. The maximum absolute atomic E-state index is 13.1. The van der Waals surface area contributed by atoms with Gasteiger partial charge in [0.05, 0.1) is 18.2 Å². The highest BCUT2D eigenvalue weighted by molar-refractivity contribution is 6.46. The molecule has 0 saturated carbocycles. The Hall–Kier alpha value is -3.19. The summed E-state index contributed by atoms with van der Waals surface area (Å²) in [7, 11) is 0. The molecule has 176 valence electrons. The second kappa shape index (κ2) is 11.6. The maximum atomic E-state index is 13.1. The van der Waals surface area contributed by atoms with Gasteiger partial charge in [0.25, 0.3) is 11.7 Å². The topological polar surface area (TPSA) is 83.0 Å². The van der Waals surface area contributed by atoms with Gasteiger partial charge in [-0.2, -0.15) is 0 Å². The summed E-state index contributed by atoms with van der Waals surface area (Å²) >= 11 is 0. The fourth-order valence-corrected chi connectivity index (χ4v) is 4.12. The highest BCUT2D eigenvalue weighted by Crippen LogP contribution is 2.39. The van der Waals surface area contributed by atoms with Crippen LogP contribution in [-0.4, -0.2) is 64.4 Å². The van der Waals surface area contributed by atoms with Crippen LogP contribution >= 0.6 is 0 Å². The van der Waals surface area contributed by atoms with Crippen LogP contribution in [0.3, 0.4) is 0 Å². The van der Waals surface area contributed by atoms with Crippen LogP contribution in [0.25, 0.3) is 5.76 Å². The van der Waals surface area contributed by atoms with E-state index in [4.69, 9.17) is 4.74 Å². The van der Waals surface area contributed by atoms with Gasteiger partial charge in [0.2, 0.25) is 0 Å². The molecule has 1 aliphatic rings. The van der Waals surface area contributed by atoms with Crippen molar-refractivity contribution in [1.82, 2.24) is 14.8 Å². The van der Waals surface area contributed by atoms with E-state index < -0.39 is 17.7 Å². The fourth-order valence-electron chi connectivity index (χ4n) is 4.12. The Morgan fingerprint density at radius 1 is 1.12 bits per heavy atom. The van der Waals surface area contributed by atoms with E-state index in [2.05, 4.69) is 23.7 Å². The summed E-state index contributed by atoms with van der Waals surface area (Å²) < 4.78 is 5.68. The molecule has 1 unspecified atom stereocenters. The number of benzene rings is 1. The third-order valence-electron chi connectivity index (χ3n) is 5.91. The number of aromatic nitrogens is 1. The van der Waals surface area contributed by atoms with E-state index in [-0.39, 0.29) is 11.3 Å². The molecule has 0 aliphatic carbocycles. The number of hydrogen-bond acceptors (Lipinski definition) is 6. The van der Waals surface area contributed by atoms with Gasteiger partial charge in [0.15, 0.2) is 0 Å². The fraction of sp³-hybridized carbons (Fsp3) is 0.423. The molecule has 33 heavy (non-hydrogen) atoms. The number of aliphatic hydroxyl groups is 1. The van der Waals surface area contributed by atoms with Crippen LogP contribution in [0.15, 0.2) is 54.4 Å². The van der Waals surface area contributed by atoms with Gasteiger partial charge in [0, 0.05) is 24.5 Å². The molecular formula is C26H33N3O4. The van der Waals surface area contributed by atoms with E-state index in [1.165, 1.54) is 0 Å². The standard InChI is InChI=1S/C26H33N3O4/c1-4-17-33-21-10-7-9-20(18-21)24(30)22-23(19-11-13-27-14-12-19)29(26(32)25(22)31)16-8-15-28(5-2)6-3/h7,9-14,18,23,30H,4-6,8,15-17H2,1-3H3. The van der Waals surface area contributed by atoms with Crippen molar-refractivity contribution >= 4 is 17.4 Å². The molecule has 0 radical (unpaired) electrons. The molecule has 0 spiro atoms. The molecule has 2 aromatic rings. The van der Waals surface area contributed by atoms with Crippen LogP contribution in [-0.2, 0) is 9.59 Å². The van der Waals surface area contributed by atoms with Crippen LogP contribution in [0.4, 0.5) is 0 Å². The molecule has 1 fully saturated rings. The van der Waals surface area contributed by atoms with Crippen molar-refractivity contribution in [1.29, 1.82) is 0 Å². The number of hydrogen-bond donors (Lipinski definition) is 1. The Kier molecular flexibility index (Phi) is 8.60. The second-order valence-corrected chi connectivity index (χ2v) is 8.03. The van der Waals surface area contributed by atoms with Crippen LogP contribution in [0, 0.1) is 0 Å². The lowest BCUT2D eigenvalue weighted by atomic mass is 9.96. The highest BCUT2D eigenvalue weighted by Gasteiger charge is 2.45. The van der Waals surface area contributed by atoms with Gasteiger partial charge in [-0.05, 0) is 62.3 Å². The third-order valence-corrected chi connectivity index (χ3v) is 5.91. The molecule has 7 heteroatoms. The molecule has 7 nitrogen and oxygen atoms in total. The van der Waals surface area contributed by atoms with Crippen LogP contribution in [0.5, 0.6) is 5.75 Å². The van der Waals surface area contributed by atoms with Gasteiger partial charge in [-0.25, -0.2) is 0 Å². The van der Waals surface area contributed by atoms with E-state index in [0.717, 1.165) is 38.0 Å². The summed E-state index contributed by atoms with van der Waals surface area (Å²) in [4.78, 5) is 34.1. The molecule has 1 aliphatic heterocycles. The van der Waals surface area contributed by atoms with Crippen LogP contribution < -0.4 is 4.74 Å². The number of pyridine rings is 1. The number of amides is 1. The lowest BCUT2D eigenvalue weighted by Gasteiger charge is -2.26. The first-order valence-electron chi connectivity index (χ1n) is 11.7. The van der Waals surface area contributed by atoms with Crippen LogP contribution in [0.2, 0.25) is 0 Å². The zero-order chi connectivity index (χ0) is 23.8. The zero-order valence-electron chi connectivity index (χ0n) is 19.7. The summed E-state index contributed by atoms with van der Waals surface area (Å²) in [5, 5.41) is 11.2. The Morgan fingerprint density at radius 2 is 1.85 bits per heavy atom. The average molecular weight is 452 g/mol. The molecule has 1 amide bonds. The zero-order valence-corrected chi connectivity index (χ0v) is 19.7. The number of likely N-dealkylation sites (tertiary alicyclic amines) is 1. The number of nitrogens with zero attached hydrogens (tertiary/aromatic N) is 3. The largest absolute Gasteiger partial charge is 0.507 e. The smallest absolute Gasteiger partial charge is 0.295 e. The molecule has 1 aromatic heterocycles. The van der Waals surface area contributed by atoms with E-state index >= 15 is 0 Å². The summed E-state index contributed by atoms with van der Waals surface area (Å²) in [5.74, 6) is -0.841. The lowest BCUT2D eigenvalue weighted by Crippen LogP contribution is -2.33. The number of carbonyl (C=O) groups excluding carboxylic acids is 2. The second-order valence-electron chi connectivity index (χ2n) is 8.03. The molecule has 1 saturated heterocycles. The highest BCUT2D eigenvalue weighted by atomic mass is 16.5. The van der Waals surface area contributed by atoms with E-state index in [9.17, 15) is 14.7 Å². The number of rotatable bonds is 11. The first-order valence-corrected chi connectivity index (χ1v) is 11.7. The van der Waals surface area contributed by atoms with Crippen molar-refractivity contribution in [2.45, 2.75) is 39.7 Å².